The molecule has 2 N–H and O–H groups in total. The number of nitrogens with zero attached hydrogens (tertiary/aromatic N) is 2. The van der Waals surface area contributed by atoms with Gasteiger partial charge >= 0.3 is 11.9 Å². The average Bonchev–Trinajstić information content (AvgIpc) is 3.08. The molecule has 0 saturated carbocycles. The van der Waals surface area contributed by atoms with Gasteiger partial charge in [-0.15, -0.1) is 0 Å². The first-order chi connectivity index (χ1) is 14.3. The van der Waals surface area contributed by atoms with Crippen LogP contribution in [0.2, 0.25) is 0 Å². The number of carbonyl (C=O) groups excluding carboxylic acids is 1. The van der Waals surface area contributed by atoms with E-state index in [1.165, 1.54) is 0 Å². The lowest BCUT2D eigenvalue weighted by atomic mass is 9.86. The van der Waals surface area contributed by atoms with Crippen molar-refractivity contribution in [3.05, 3.63) is 62.9 Å². The summed E-state index contributed by atoms with van der Waals surface area (Å²) in [5, 5.41) is 20.9. The topological polar surface area (TPSA) is 119 Å². The number of carbonyl (C=O) groups is 2. The summed E-state index contributed by atoms with van der Waals surface area (Å²) >= 11 is 0. The van der Waals surface area contributed by atoms with Gasteiger partial charge in [-0.2, -0.15) is 0 Å². The first-order valence-electron chi connectivity index (χ1n) is 9.64. The van der Waals surface area contributed by atoms with Gasteiger partial charge < -0.3 is 19.5 Å². The second-order valence-corrected chi connectivity index (χ2v) is 7.66. The van der Waals surface area contributed by atoms with Crippen LogP contribution in [0, 0.1) is 0 Å². The highest BCUT2D eigenvalue weighted by Gasteiger charge is 2.45. The van der Waals surface area contributed by atoms with Gasteiger partial charge in [0.1, 0.15) is 6.61 Å². The second-order valence-electron chi connectivity index (χ2n) is 7.66. The minimum absolute atomic E-state index is 0.0719. The zero-order valence-electron chi connectivity index (χ0n) is 16.1. The van der Waals surface area contributed by atoms with Crippen LogP contribution in [-0.4, -0.2) is 31.7 Å². The molecule has 8 nitrogen and oxygen atoms in total. The highest BCUT2D eigenvalue weighted by atomic mass is 16.6. The van der Waals surface area contributed by atoms with Crippen molar-refractivity contribution in [1.29, 1.82) is 0 Å². The fourth-order valence-electron chi connectivity index (χ4n) is 4.37. The van der Waals surface area contributed by atoms with Gasteiger partial charge in [0.25, 0.3) is 5.56 Å². The molecule has 1 unspecified atom stereocenters. The number of esters is 1. The normalized spacial score (nSPS) is 19.2. The molecular weight excluding hydrogens is 388 g/mol. The number of carboxylic acid groups (broad SMARTS) is 1. The van der Waals surface area contributed by atoms with Crippen LogP contribution in [0.1, 0.15) is 35.6 Å². The van der Waals surface area contributed by atoms with Crippen molar-refractivity contribution in [3.8, 4) is 11.4 Å². The third-order valence-corrected chi connectivity index (χ3v) is 5.96. The molecule has 0 bridgehead atoms. The molecule has 0 spiro atoms. The predicted octanol–water partition coefficient (Wildman–Crippen LogP) is 1.71. The maximum atomic E-state index is 13.1. The summed E-state index contributed by atoms with van der Waals surface area (Å²) in [5.41, 5.74) is 1.34. The van der Waals surface area contributed by atoms with Gasteiger partial charge in [-0.25, -0.2) is 9.78 Å². The number of pyridine rings is 2. The number of hydrogen-bond donors (Lipinski definition) is 2. The van der Waals surface area contributed by atoms with E-state index in [1.54, 1.807) is 29.7 Å². The number of hydrogen-bond acceptors (Lipinski definition) is 6. The summed E-state index contributed by atoms with van der Waals surface area (Å²) in [7, 11) is 0. The van der Waals surface area contributed by atoms with E-state index in [4.69, 9.17) is 9.72 Å². The van der Waals surface area contributed by atoms with Crippen LogP contribution in [0.25, 0.3) is 22.3 Å². The highest BCUT2D eigenvalue weighted by molar-refractivity contribution is 5.89. The molecule has 30 heavy (non-hydrogen) atoms. The maximum Gasteiger partial charge on any atom is 0.343 e. The third-order valence-electron chi connectivity index (χ3n) is 5.96. The van der Waals surface area contributed by atoms with Crippen molar-refractivity contribution >= 4 is 22.8 Å². The molecule has 0 amide bonds. The summed E-state index contributed by atoms with van der Waals surface area (Å²) in [6.07, 6.45) is -0.0932. The van der Waals surface area contributed by atoms with Crippen molar-refractivity contribution in [2.45, 2.75) is 38.5 Å². The first-order valence-corrected chi connectivity index (χ1v) is 9.64. The SMILES string of the molecule is CCC1(O)C(=O)OCc2c1cc1n(c2=O)Cc2cc3cccc(CC(=O)O)c3nc2-1. The van der Waals surface area contributed by atoms with Crippen LogP contribution in [-0.2, 0) is 39.5 Å². The summed E-state index contributed by atoms with van der Waals surface area (Å²) in [6.45, 7) is 1.78. The third kappa shape index (κ3) is 2.43. The Morgan fingerprint density at radius 1 is 1.30 bits per heavy atom. The van der Waals surface area contributed by atoms with E-state index in [9.17, 15) is 24.6 Å². The summed E-state index contributed by atoms with van der Waals surface area (Å²) in [5.74, 6) is -1.72. The van der Waals surface area contributed by atoms with E-state index >= 15 is 0 Å². The van der Waals surface area contributed by atoms with E-state index in [0.29, 0.717) is 29.0 Å². The molecule has 1 atom stereocenters. The smallest absolute Gasteiger partial charge is 0.343 e. The Morgan fingerprint density at radius 2 is 2.10 bits per heavy atom. The van der Waals surface area contributed by atoms with Crippen LogP contribution in [0.5, 0.6) is 0 Å². The van der Waals surface area contributed by atoms with E-state index in [0.717, 1.165) is 10.9 Å². The lowest BCUT2D eigenvalue weighted by molar-refractivity contribution is -0.172. The van der Waals surface area contributed by atoms with Crippen molar-refractivity contribution in [1.82, 2.24) is 9.55 Å². The Kier molecular flexibility index (Phi) is 3.85. The Labute approximate surface area is 170 Å². The van der Waals surface area contributed by atoms with Gasteiger partial charge in [-0.1, -0.05) is 25.1 Å². The zero-order valence-corrected chi connectivity index (χ0v) is 16.1. The lowest BCUT2D eigenvalue weighted by Gasteiger charge is -2.31. The number of aromatic nitrogens is 2. The van der Waals surface area contributed by atoms with Gasteiger partial charge in [0.05, 0.1) is 35.4 Å². The molecule has 1 aromatic carbocycles. The van der Waals surface area contributed by atoms with Crippen molar-refractivity contribution in [2.75, 3.05) is 0 Å². The number of aliphatic carboxylic acids is 1. The number of carboxylic acids is 1. The minimum Gasteiger partial charge on any atom is -0.481 e. The van der Waals surface area contributed by atoms with Gasteiger partial charge in [-0.3, -0.25) is 9.59 Å². The highest BCUT2D eigenvalue weighted by Crippen LogP contribution is 2.38. The zero-order chi connectivity index (χ0) is 21.2. The van der Waals surface area contributed by atoms with Gasteiger partial charge in [0.2, 0.25) is 0 Å². The number of cyclic esters (lactones) is 1. The molecule has 5 rings (SSSR count). The van der Waals surface area contributed by atoms with Crippen LogP contribution in [0.15, 0.2) is 35.1 Å². The Hall–Kier alpha value is -3.52. The van der Waals surface area contributed by atoms with Gasteiger partial charge in [-0.05, 0) is 24.1 Å². The molecule has 0 fully saturated rings. The minimum atomic E-state index is -1.88. The second kappa shape index (κ2) is 6.24. The molecule has 4 heterocycles. The summed E-state index contributed by atoms with van der Waals surface area (Å²) in [6, 6.07) is 8.91. The van der Waals surface area contributed by atoms with E-state index in [-0.39, 0.29) is 36.1 Å². The lowest BCUT2D eigenvalue weighted by Crippen LogP contribution is -2.44. The molecule has 2 aromatic heterocycles. The quantitative estimate of drug-likeness (QED) is 0.497. The van der Waals surface area contributed by atoms with E-state index < -0.39 is 17.5 Å². The number of benzene rings is 1. The van der Waals surface area contributed by atoms with Gasteiger partial charge in [0, 0.05) is 16.5 Å². The van der Waals surface area contributed by atoms with Gasteiger partial charge in [0.15, 0.2) is 5.60 Å². The van der Waals surface area contributed by atoms with Crippen LogP contribution in [0.4, 0.5) is 0 Å². The molecule has 8 heteroatoms. The first kappa shape index (κ1) is 18.5. The molecule has 3 aromatic rings. The van der Waals surface area contributed by atoms with Crippen LogP contribution < -0.4 is 5.56 Å². The molecule has 0 saturated heterocycles. The Morgan fingerprint density at radius 3 is 2.83 bits per heavy atom. The van der Waals surface area contributed by atoms with E-state index in [2.05, 4.69) is 0 Å². The number of para-hydroxylation sites is 1. The Balaban J connectivity index is 1.77. The molecule has 0 radical (unpaired) electrons. The molecular formula is C22H18N2O6. The Bertz CT molecular complexity index is 1330. The predicted molar refractivity (Wildman–Crippen MR) is 106 cm³/mol. The van der Waals surface area contributed by atoms with E-state index in [1.807, 2.05) is 12.1 Å². The van der Waals surface area contributed by atoms with Crippen LogP contribution in [0.3, 0.4) is 0 Å². The average molecular weight is 406 g/mol. The fraction of sp³-hybridized carbons (Fsp3) is 0.273. The molecule has 2 aliphatic rings. The molecule has 2 aliphatic heterocycles. The fourth-order valence-corrected chi connectivity index (χ4v) is 4.37. The van der Waals surface area contributed by atoms with Crippen LogP contribution >= 0.6 is 0 Å². The molecule has 152 valence electrons. The number of ether oxygens (including phenoxy) is 1. The largest absolute Gasteiger partial charge is 0.481 e. The standard InChI is InChI=1S/C22H18N2O6/c1-2-22(29)15-8-16-19-13(9-24(16)20(27)14(15)10-30-21(22)28)6-11-4-3-5-12(7-17(25)26)18(11)23-19/h3-6,8,29H,2,7,9-10H2,1H3,(H,25,26). The number of rotatable bonds is 3. The number of fused-ring (bicyclic) bond motifs is 5. The summed E-state index contributed by atoms with van der Waals surface area (Å²) < 4.78 is 6.63. The monoisotopic (exact) mass is 406 g/mol. The van der Waals surface area contributed by atoms with Crippen molar-refractivity contribution < 1.29 is 24.5 Å². The van der Waals surface area contributed by atoms with Crippen molar-refractivity contribution in [3.63, 3.8) is 0 Å². The summed E-state index contributed by atoms with van der Waals surface area (Å²) in [4.78, 5) is 41.3. The van der Waals surface area contributed by atoms with Crippen molar-refractivity contribution in [2.24, 2.45) is 0 Å². The molecule has 0 aliphatic carbocycles. The maximum absolute atomic E-state index is 13.1. The number of aliphatic hydroxyl groups is 1.